The van der Waals surface area contributed by atoms with Crippen LogP contribution in [0.1, 0.15) is 18.1 Å². The second-order valence-corrected chi connectivity index (χ2v) is 6.31. The Morgan fingerprint density at radius 2 is 2.18 bits per heavy atom. The molecule has 0 spiro atoms. The van der Waals surface area contributed by atoms with E-state index in [1.54, 1.807) is 24.3 Å². The Hall–Kier alpha value is -0.350. The van der Waals surface area contributed by atoms with E-state index in [0.717, 1.165) is 15.6 Å². The van der Waals surface area contributed by atoms with E-state index < -0.39 is 5.60 Å². The normalized spacial score (nSPS) is 14.6. The predicted octanol–water partition coefficient (Wildman–Crippen LogP) is 4.61. The Balaban J connectivity index is 2.30. The lowest BCUT2D eigenvalue weighted by Gasteiger charge is -2.24. The van der Waals surface area contributed by atoms with Crippen LogP contribution in [-0.2, 0) is 12.0 Å². The van der Waals surface area contributed by atoms with Crippen molar-refractivity contribution in [3.8, 4) is 0 Å². The summed E-state index contributed by atoms with van der Waals surface area (Å²) in [7, 11) is 0. The lowest BCUT2D eigenvalue weighted by Crippen LogP contribution is -2.24. The predicted molar refractivity (Wildman–Crippen MR) is 76.7 cm³/mol. The summed E-state index contributed by atoms with van der Waals surface area (Å²) in [5.74, 6) is 0. The highest BCUT2D eigenvalue weighted by molar-refractivity contribution is 9.10. The summed E-state index contributed by atoms with van der Waals surface area (Å²) in [5, 5.41) is 15.2. The number of aliphatic hydroxyl groups is 1. The van der Waals surface area contributed by atoms with E-state index in [4.69, 9.17) is 11.6 Å². The van der Waals surface area contributed by atoms with E-state index in [-0.39, 0.29) is 0 Å². The third-order valence-corrected chi connectivity index (χ3v) is 4.18. The fourth-order valence-corrected chi connectivity index (χ4v) is 3.36. The van der Waals surface area contributed by atoms with Gasteiger partial charge in [0.25, 0.3) is 0 Å². The van der Waals surface area contributed by atoms with Gasteiger partial charge in [0.2, 0.25) is 0 Å². The molecule has 0 saturated heterocycles. The molecule has 4 heteroatoms. The summed E-state index contributed by atoms with van der Waals surface area (Å²) in [5.41, 5.74) is 0.936. The number of hydrogen-bond acceptors (Lipinski definition) is 2. The highest BCUT2D eigenvalue weighted by atomic mass is 79.9. The lowest BCUT2D eigenvalue weighted by molar-refractivity contribution is 0.0578. The van der Waals surface area contributed by atoms with E-state index >= 15 is 0 Å². The zero-order valence-electron chi connectivity index (χ0n) is 9.28. The first-order valence-electron chi connectivity index (χ1n) is 5.18. The topological polar surface area (TPSA) is 20.2 Å². The number of rotatable bonds is 3. The summed E-state index contributed by atoms with van der Waals surface area (Å²) in [6, 6.07) is 7.58. The zero-order valence-corrected chi connectivity index (χ0v) is 12.4. The van der Waals surface area contributed by atoms with Crippen molar-refractivity contribution in [2.75, 3.05) is 0 Å². The van der Waals surface area contributed by atoms with Gasteiger partial charge in [0.05, 0.1) is 5.60 Å². The minimum atomic E-state index is -0.946. The Kier molecular flexibility index (Phi) is 3.93. The maximum absolute atomic E-state index is 10.5. The van der Waals surface area contributed by atoms with Gasteiger partial charge < -0.3 is 5.11 Å². The van der Waals surface area contributed by atoms with Gasteiger partial charge in [0.1, 0.15) is 0 Å². The van der Waals surface area contributed by atoms with Crippen LogP contribution in [-0.4, -0.2) is 5.11 Å². The standard InChI is InChI=1S/C13H12BrClOS/c1-13(16,7-9-4-5-17-8-9)11-3-2-10(14)6-12(11)15/h2-6,8,16H,7H2,1H3. The van der Waals surface area contributed by atoms with Crippen LogP contribution in [0.5, 0.6) is 0 Å². The molecule has 17 heavy (non-hydrogen) atoms. The number of halogens is 2. The first-order chi connectivity index (χ1) is 7.99. The van der Waals surface area contributed by atoms with E-state index in [9.17, 15) is 5.11 Å². The Bertz CT molecular complexity index is 508. The van der Waals surface area contributed by atoms with Crippen molar-refractivity contribution < 1.29 is 5.11 Å². The van der Waals surface area contributed by atoms with Gasteiger partial charge in [-0.3, -0.25) is 0 Å². The van der Waals surface area contributed by atoms with Gasteiger partial charge in [-0.05, 0) is 41.4 Å². The first kappa shape index (κ1) is 13.1. The van der Waals surface area contributed by atoms with Gasteiger partial charge in [-0.25, -0.2) is 0 Å². The molecular formula is C13H12BrClOS. The smallest absolute Gasteiger partial charge is 0.0923 e. The third kappa shape index (κ3) is 3.10. The fourth-order valence-electron chi connectivity index (χ4n) is 1.81. The van der Waals surface area contributed by atoms with Crippen molar-refractivity contribution in [2.24, 2.45) is 0 Å². The summed E-state index contributed by atoms with van der Waals surface area (Å²) < 4.78 is 0.914. The minimum Gasteiger partial charge on any atom is -0.385 e. The number of hydrogen-bond donors (Lipinski definition) is 1. The van der Waals surface area contributed by atoms with Crippen LogP contribution in [0.4, 0.5) is 0 Å². The van der Waals surface area contributed by atoms with Gasteiger partial charge in [-0.15, -0.1) is 0 Å². The molecule has 0 amide bonds. The molecule has 90 valence electrons. The van der Waals surface area contributed by atoms with Crippen LogP contribution in [0.2, 0.25) is 5.02 Å². The van der Waals surface area contributed by atoms with Crippen LogP contribution in [0, 0.1) is 0 Å². The second-order valence-electron chi connectivity index (χ2n) is 4.21. The molecule has 1 nitrogen and oxygen atoms in total. The lowest BCUT2D eigenvalue weighted by atomic mass is 9.90. The molecule has 2 aromatic rings. The molecule has 1 aromatic heterocycles. The molecule has 1 aromatic carbocycles. The maximum atomic E-state index is 10.5. The Labute approximate surface area is 118 Å². The van der Waals surface area contributed by atoms with Crippen molar-refractivity contribution in [1.82, 2.24) is 0 Å². The van der Waals surface area contributed by atoms with Crippen LogP contribution in [0.15, 0.2) is 39.5 Å². The molecule has 0 radical (unpaired) electrons. The molecule has 0 saturated carbocycles. The van der Waals surface area contributed by atoms with E-state index in [1.807, 2.05) is 29.0 Å². The van der Waals surface area contributed by atoms with Crippen molar-refractivity contribution in [3.63, 3.8) is 0 Å². The summed E-state index contributed by atoms with van der Waals surface area (Å²) in [6.07, 6.45) is 0.567. The molecule has 1 heterocycles. The summed E-state index contributed by atoms with van der Waals surface area (Å²) in [4.78, 5) is 0. The molecule has 1 N–H and O–H groups in total. The largest absolute Gasteiger partial charge is 0.385 e. The van der Waals surface area contributed by atoms with Crippen LogP contribution in [0.3, 0.4) is 0 Å². The van der Waals surface area contributed by atoms with Gasteiger partial charge in [-0.2, -0.15) is 11.3 Å². The summed E-state index contributed by atoms with van der Waals surface area (Å²) in [6.45, 7) is 1.79. The molecule has 1 atom stereocenters. The van der Waals surface area contributed by atoms with E-state index in [2.05, 4.69) is 15.9 Å². The second kappa shape index (κ2) is 5.11. The van der Waals surface area contributed by atoms with E-state index in [1.165, 1.54) is 0 Å². The minimum absolute atomic E-state index is 0.567. The molecule has 0 aliphatic rings. The van der Waals surface area contributed by atoms with Gasteiger partial charge in [0.15, 0.2) is 0 Å². The average molecular weight is 332 g/mol. The Morgan fingerprint density at radius 1 is 1.41 bits per heavy atom. The number of thiophene rings is 1. The summed E-state index contributed by atoms with van der Waals surface area (Å²) >= 11 is 11.2. The van der Waals surface area contributed by atoms with Gasteiger partial charge >= 0.3 is 0 Å². The maximum Gasteiger partial charge on any atom is 0.0923 e. The zero-order chi connectivity index (χ0) is 12.5. The van der Waals surface area contributed by atoms with Crippen LogP contribution < -0.4 is 0 Å². The van der Waals surface area contributed by atoms with Crippen LogP contribution >= 0.6 is 38.9 Å². The van der Waals surface area contributed by atoms with Gasteiger partial charge in [0, 0.05) is 21.5 Å². The first-order valence-corrected chi connectivity index (χ1v) is 7.29. The highest BCUT2D eigenvalue weighted by Gasteiger charge is 2.26. The Morgan fingerprint density at radius 3 is 2.76 bits per heavy atom. The van der Waals surface area contributed by atoms with Gasteiger partial charge in [-0.1, -0.05) is 33.6 Å². The fraction of sp³-hybridized carbons (Fsp3) is 0.231. The molecule has 0 fully saturated rings. The van der Waals surface area contributed by atoms with Crippen LogP contribution in [0.25, 0.3) is 0 Å². The van der Waals surface area contributed by atoms with Crippen molar-refractivity contribution in [1.29, 1.82) is 0 Å². The molecule has 0 aliphatic carbocycles. The van der Waals surface area contributed by atoms with Crippen molar-refractivity contribution in [3.05, 3.63) is 55.6 Å². The SMILES string of the molecule is CC(O)(Cc1ccsc1)c1ccc(Br)cc1Cl. The van der Waals surface area contributed by atoms with Crippen molar-refractivity contribution in [2.45, 2.75) is 18.9 Å². The van der Waals surface area contributed by atoms with Crippen molar-refractivity contribution >= 4 is 38.9 Å². The third-order valence-electron chi connectivity index (χ3n) is 2.64. The molecule has 2 rings (SSSR count). The molecular weight excluding hydrogens is 320 g/mol. The highest BCUT2D eigenvalue weighted by Crippen LogP contribution is 2.33. The molecule has 1 unspecified atom stereocenters. The monoisotopic (exact) mass is 330 g/mol. The van der Waals surface area contributed by atoms with E-state index in [0.29, 0.717) is 11.4 Å². The molecule has 0 bridgehead atoms. The number of benzene rings is 1. The average Bonchev–Trinajstić information content (AvgIpc) is 2.68. The quantitative estimate of drug-likeness (QED) is 0.870. The molecule has 0 aliphatic heterocycles.